The van der Waals surface area contributed by atoms with E-state index in [1.54, 1.807) is 4.90 Å². The Morgan fingerprint density at radius 3 is 2.67 bits per heavy atom. The van der Waals surface area contributed by atoms with E-state index in [1.807, 2.05) is 7.05 Å². The lowest BCUT2D eigenvalue weighted by molar-refractivity contribution is 0.0696. The summed E-state index contributed by atoms with van der Waals surface area (Å²) in [6, 6.07) is 1.85. The van der Waals surface area contributed by atoms with E-state index >= 15 is 0 Å². The highest BCUT2D eigenvalue weighted by Gasteiger charge is 2.24. The second kappa shape index (κ2) is 5.89. The van der Waals surface area contributed by atoms with Crippen LogP contribution in [0.25, 0.3) is 0 Å². The Labute approximate surface area is 117 Å². The Hall–Kier alpha value is -0.800. The minimum Gasteiger partial charge on any atom is -0.339 e. The number of halogens is 2. The summed E-state index contributed by atoms with van der Waals surface area (Å²) in [5.74, 6) is -0.0730. The molecule has 0 spiro atoms. The molecule has 5 heteroatoms. The average Bonchev–Trinajstić information content (AvgIpc) is 2.41. The van der Waals surface area contributed by atoms with Crippen molar-refractivity contribution in [2.45, 2.75) is 38.1 Å². The lowest BCUT2D eigenvalue weighted by atomic mass is 9.94. The number of carbonyl (C=O) groups is 1. The van der Waals surface area contributed by atoms with Gasteiger partial charge in [-0.25, -0.2) is 4.98 Å². The van der Waals surface area contributed by atoms with Gasteiger partial charge in [-0.2, -0.15) is 0 Å². The first-order valence-corrected chi connectivity index (χ1v) is 6.93. The fourth-order valence-electron chi connectivity index (χ4n) is 2.40. The van der Waals surface area contributed by atoms with Crippen LogP contribution in [0.4, 0.5) is 0 Å². The molecule has 3 nitrogen and oxygen atoms in total. The SMILES string of the molecule is CN(C(=O)c1cc(Cl)ncc1Cl)C1CCCCC1. The van der Waals surface area contributed by atoms with E-state index < -0.39 is 0 Å². The number of pyridine rings is 1. The van der Waals surface area contributed by atoms with Gasteiger partial charge in [0.15, 0.2) is 0 Å². The van der Waals surface area contributed by atoms with Crippen LogP contribution < -0.4 is 0 Å². The van der Waals surface area contributed by atoms with Gasteiger partial charge in [0.2, 0.25) is 0 Å². The molecule has 1 heterocycles. The number of carbonyl (C=O) groups excluding carboxylic acids is 1. The van der Waals surface area contributed by atoms with Crippen LogP contribution >= 0.6 is 23.2 Å². The molecule has 0 N–H and O–H groups in total. The molecule has 1 fully saturated rings. The topological polar surface area (TPSA) is 33.2 Å². The molecule has 0 saturated heterocycles. The molecular weight excluding hydrogens is 271 g/mol. The predicted molar refractivity (Wildman–Crippen MR) is 73.2 cm³/mol. The summed E-state index contributed by atoms with van der Waals surface area (Å²) in [5.41, 5.74) is 0.435. The van der Waals surface area contributed by atoms with Crippen LogP contribution in [0.2, 0.25) is 10.2 Å². The molecule has 0 bridgehead atoms. The lowest BCUT2D eigenvalue weighted by Gasteiger charge is -2.31. The third kappa shape index (κ3) is 2.96. The van der Waals surface area contributed by atoms with Gasteiger partial charge in [0, 0.05) is 19.3 Å². The van der Waals surface area contributed by atoms with E-state index in [9.17, 15) is 4.79 Å². The number of aromatic nitrogens is 1. The minimum atomic E-state index is -0.0730. The zero-order valence-corrected chi connectivity index (χ0v) is 11.8. The van der Waals surface area contributed by atoms with Crippen LogP contribution in [0.5, 0.6) is 0 Å². The third-order valence-corrected chi connectivity index (χ3v) is 4.00. The van der Waals surface area contributed by atoms with Gasteiger partial charge in [-0.1, -0.05) is 42.5 Å². The first-order chi connectivity index (χ1) is 8.59. The average molecular weight is 287 g/mol. The van der Waals surface area contributed by atoms with Crippen molar-refractivity contribution >= 4 is 29.1 Å². The van der Waals surface area contributed by atoms with E-state index in [4.69, 9.17) is 23.2 Å². The Morgan fingerprint density at radius 1 is 1.33 bits per heavy atom. The van der Waals surface area contributed by atoms with Gasteiger partial charge >= 0.3 is 0 Å². The number of nitrogens with zero attached hydrogens (tertiary/aromatic N) is 2. The van der Waals surface area contributed by atoms with Gasteiger partial charge in [-0.05, 0) is 18.9 Å². The Bertz CT molecular complexity index is 445. The maximum atomic E-state index is 12.4. The molecule has 1 aliphatic rings. The largest absolute Gasteiger partial charge is 0.339 e. The van der Waals surface area contributed by atoms with Gasteiger partial charge < -0.3 is 4.90 Å². The van der Waals surface area contributed by atoms with Gasteiger partial charge in [0.1, 0.15) is 5.15 Å². The Kier molecular flexibility index (Phi) is 4.46. The van der Waals surface area contributed by atoms with Crippen molar-refractivity contribution in [3.63, 3.8) is 0 Å². The van der Waals surface area contributed by atoms with Crippen molar-refractivity contribution in [1.82, 2.24) is 9.88 Å². The molecule has 1 amide bonds. The van der Waals surface area contributed by atoms with Crippen molar-refractivity contribution < 1.29 is 4.79 Å². The smallest absolute Gasteiger partial charge is 0.255 e. The normalized spacial score (nSPS) is 16.6. The molecule has 1 saturated carbocycles. The second-order valence-electron chi connectivity index (χ2n) is 4.69. The number of rotatable bonds is 2. The van der Waals surface area contributed by atoms with Crippen molar-refractivity contribution in [2.24, 2.45) is 0 Å². The minimum absolute atomic E-state index is 0.0730. The number of hydrogen-bond acceptors (Lipinski definition) is 2. The van der Waals surface area contributed by atoms with Crippen LogP contribution in [-0.4, -0.2) is 28.9 Å². The maximum absolute atomic E-state index is 12.4. The standard InChI is InChI=1S/C13H16Cl2N2O/c1-17(9-5-3-2-4-6-9)13(18)10-7-12(15)16-8-11(10)14/h7-9H,2-6H2,1H3. The summed E-state index contributed by atoms with van der Waals surface area (Å²) in [6.45, 7) is 0. The van der Waals surface area contributed by atoms with Crippen LogP contribution in [0.3, 0.4) is 0 Å². The summed E-state index contributed by atoms with van der Waals surface area (Å²) in [7, 11) is 1.84. The van der Waals surface area contributed by atoms with Crippen molar-refractivity contribution in [3.05, 3.63) is 28.0 Å². The van der Waals surface area contributed by atoms with Crippen LogP contribution in [-0.2, 0) is 0 Å². The molecule has 0 aliphatic heterocycles. The van der Waals surface area contributed by atoms with E-state index in [2.05, 4.69) is 4.98 Å². The number of amides is 1. The predicted octanol–water partition coefficient (Wildman–Crippen LogP) is 3.79. The fourth-order valence-corrected chi connectivity index (χ4v) is 2.74. The van der Waals surface area contributed by atoms with Gasteiger partial charge in [-0.3, -0.25) is 4.79 Å². The molecule has 18 heavy (non-hydrogen) atoms. The van der Waals surface area contributed by atoms with Crippen molar-refractivity contribution in [3.8, 4) is 0 Å². The summed E-state index contributed by atoms with van der Waals surface area (Å²) in [4.78, 5) is 18.0. The van der Waals surface area contributed by atoms with Gasteiger partial charge in [0.05, 0.1) is 10.6 Å². The summed E-state index contributed by atoms with van der Waals surface area (Å²) >= 11 is 11.8. The molecule has 0 aromatic carbocycles. The van der Waals surface area contributed by atoms with Crippen molar-refractivity contribution in [1.29, 1.82) is 0 Å². The molecule has 0 radical (unpaired) electrons. The molecule has 0 atom stereocenters. The van der Waals surface area contributed by atoms with Crippen molar-refractivity contribution in [2.75, 3.05) is 7.05 Å². The zero-order valence-electron chi connectivity index (χ0n) is 10.3. The van der Waals surface area contributed by atoms with Crippen LogP contribution in [0.15, 0.2) is 12.3 Å². The molecular formula is C13H16Cl2N2O. The molecule has 1 aromatic rings. The Morgan fingerprint density at radius 2 is 2.00 bits per heavy atom. The number of hydrogen-bond donors (Lipinski definition) is 0. The van der Waals surface area contributed by atoms with Crippen LogP contribution in [0, 0.1) is 0 Å². The second-order valence-corrected chi connectivity index (χ2v) is 5.49. The fraction of sp³-hybridized carbons (Fsp3) is 0.538. The summed E-state index contributed by atoms with van der Waals surface area (Å²) in [5, 5.41) is 0.645. The lowest BCUT2D eigenvalue weighted by Crippen LogP contribution is -2.38. The first-order valence-electron chi connectivity index (χ1n) is 6.18. The monoisotopic (exact) mass is 286 g/mol. The first kappa shape index (κ1) is 13.6. The molecule has 98 valence electrons. The third-order valence-electron chi connectivity index (χ3n) is 3.50. The van der Waals surface area contributed by atoms with Gasteiger partial charge in [-0.15, -0.1) is 0 Å². The highest BCUT2D eigenvalue weighted by molar-refractivity contribution is 6.35. The highest BCUT2D eigenvalue weighted by Crippen LogP contribution is 2.25. The van der Waals surface area contributed by atoms with E-state index in [0.29, 0.717) is 21.8 Å². The van der Waals surface area contributed by atoms with Crippen LogP contribution in [0.1, 0.15) is 42.5 Å². The molecule has 0 unspecified atom stereocenters. The maximum Gasteiger partial charge on any atom is 0.255 e. The summed E-state index contributed by atoms with van der Waals surface area (Å²) in [6.07, 6.45) is 7.20. The highest BCUT2D eigenvalue weighted by atomic mass is 35.5. The van der Waals surface area contributed by atoms with E-state index in [1.165, 1.54) is 31.5 Å². The molecule has 1 aliphatic carbocycles. The van der Waals surface area contributed by atoms with E-state index in [-0.39, 0.29) is 5.91 Å². The quantitative estimate of drug-likeness (QED) is 0.775. The van der Waals surface area contributed by atoms with E-state index in [0.717, 1.165) is 12.8 Å². The zero-order chi connectivity index (χ0) is 13.1. The molecule has 1 aromatic heterocycles. The Balaban J connectivity index is 2.16. The summed E-state index contributed by atoms with van der Waals surface area (Å²) < 4.78 is 0. The molecule has 2 rings (SSSR count). The van der Waals surface area contributed by atoms with Gasteiger partial charge in [0.25, 0.3) is 5.91 Å².